The molecule has 1 saturated heterocycles. The lowest BCUT2D eigenvalue weighted by atomic mass is 10.1. The number of benzene rings is 1. The van der Waals surface area contributed by atoms with E-state index in [1.165, 1.54) is 16.9 Å². The number of carbonyl (C=O) groups excluding carboxylic acids is 1. The highest BCUT2D eigenvalue weighted by molar-refractivity contribution is 7.13. The van der Waals surface area contributed by atoms with Gasteiger partial charge in [-0.3, -0.25) is 4.79 Å². The molecule has 0 unspecified atom stereocenters. The van der Waals surface area contributed by atoms with E-state index in [1.807, 2.05) is 42.6 Å². The highest BCUT2D eigenvalue weighted by Crippen LogP contribution is 2.25. The van der Waals surface area contributed by atoms with Crippen molar-refractivity contribution >= 4 is 28.7 Å². The third kappa shape index (κ3) is 4.21. The van der Waals surface area contributed by atoms with Crippen molar-refractivity contribution in [1.82, 2.24) is 9.97 Å². The minimum Gasteiger partial charge on any atom is -0.378 e. The summed E-state index contributed by atoms with van der Waals surface area (Å²) in [5.74, 6) is 0.738. The number of rotatable bonds is 5. The minimum absolute atomic E-state index is 0.204. The molecule has 28 heavy (non-hydrogen) atoms. The zero-order valence-corrected chi connectivity index (χ0v) is 16.5. The molecule has 144 valence electrons. The highest BCUT2D eigenvalue weighted by Gasteiger charge is 2.15. The van der Waals surface area contributed by atoms with E-state index in [4.69, 9.17) is 4.74 Å². The van der Waals surface area contributed by atoms with Gasteiger partial charge in [0.2, 0.25) is 0 Å². The smallest absolute Gasteiger partial charge is 0.275 e. The number of aryl methyl sites for hydroxylation is 1. The summed E-state index contributed by atoms with van der Waals surface area (Å²) in [5, 5.41) is 5.46. The summed E-state index contributed by atoms with van der Waals surface area (Å²) >= 11 is 1.44. The molecule has 1 aliphatic rings. The average molecular weight is 395 g/mol. The van der Waals surface area contributed by atoms with E-state index >= 15 is 0 Å². The number of aromatic nitrogens is 2. The van der Waals surface area contributed by atoms with Crippen LogP contribution in [0.1, 0.15) is 23.0 Å². The van der Waals surface area contributed by atoms with Gasteiger partial charge in [0.25, 0.3) is 5.91 Å². The third-order valence-corrected chi connectivity index (χ3v) is 5.58. The lowest BCUT2D eigenvalue weighted by molar-refractivity contribution is 0.102. The molecule has 0 spiro atoms. The Balaban J connectivity index is 1.43. The Morgan fingerprint density at radius 2 is 1.96 bits per heavy atom. The Kier molecular flexibility index (Phi) is 5.64. The van der Waals surface area contributed by atoms with Gasteiger partial charge in [0.1, 0.15) is 16.5 Å². The standard InChI is InChI=1S/C21H22N4O2S/c1-2-15-3-6-17(7-4-15)23-20(26)18-14-28-21(24-18)16-5-8-19(22-13-16)25-9-11-27-12-10-25/h3-8,13-14H,2,9-12H2,1H3,(H,23,26). The summed E-state index contributed by atoms with van der Waals surface area (Å²) in [6, 6.07) is 11.9. The Morgan fingerprint density at radius 3 is 2.64 bits per heavy atom. The summed E-state index contributed by atoms with van der Waals surface area (Å²) in [7, 11) is 0. The maximum absolute atomic E-state index is 12.5. The van der Waals surface area contributed by atoms with Gasteiger partial charge in [-0.15, -0.1) is 11.3 Å². The fourth-order valence-electron chi connectivity index (χ4n) is 3.02. The molecule has 7 heteroatoms. The second-order valence-corrected chi connectivity index (χ2v) is 7.41. The predicted molar refractivity (Wildman–Crippen MR) is 112 cm³/mol. The fourth-order valence-corrected chi connectivity index (χ4v) is 3.81. The Labute approximate surface area is 168 Å². The van der Waals surface area contributed by atoms with Crippen LogP contribution in [0.15, 0.2) is 48.0 Å². The van der Waals surface area contributed by atoms with Crippen molar-refractivity contribution < 1.29 is 9.53 Å². The molecule has 0 aliphatic carbocycles. The highest BCUT2D eigenvalue weighted by atomic mass is 32.1. The van der Waals surface area contributed by atoms with E-state index in [2.05, 4.69) is 27.1 Å². The van der Waals surface area contributed by atoms with Gasteiger partial charge in [-0.05, 0) is 36.2 Å². The number of anilines is 2. The van der Waals surface area contributed by atoms with Gasteiger partial charge in [0, 0.05) is 35.9 Å². The average Bonchev–Trinajstić information content (AvgIpc) is 3.26. The van der Waals surface area contributed by atoms with Crippen LogP contribution < -0.4 is 10.2 Å². The Hall–Kier alpha value is -2.77. The van der Waals surface area contributed by atoms with Crippen LogP contribution in [0, 0.1) is 0 Å². The van der Waals surface area contributed by atoms with E-state index < -0.39 is 0 Å². The number of nitrogens with one attached hydrogen (secondary N) is 1. The summed E-state index contributed by atoms with van der Waals surface area (Å²) in [4.78, 5) is 23.7. The first kappa shape index (κ1) is 18.6. The summed E-state index contributed by atoms with van der Waals surface area (Å²) in [6.07, 6.45) is 2.79. The van der Waals surface area contributed by atoms with Gasteiger partial charge in [-0.2, -0.15) is 0 Å². The molecule has 4 rings (SSSR count). The van der Waals surface area contributed by atoms with Crippen molar-refractivity contribution in [3.05, 3.63) is 59.2 Å². The molecule has 1 fully saturated rings. The van der Waals surface area contributed by atoms with Crippen LogP contribution in [0.25, 0.3) is 10.6 Å². The lowest BCUT2D eigenvalue weighted by Crippen LogP contribution is -2.36. The molecule has 1 N–H and O–H groups in total. The quantitative estimate of drug-likeness (QED) is 0.712. The van der Waals surface area contributed by atoms with E-state index in [-0.39, 0.29) is 5.91 Å². The number of thiazole rings is 1. The first-order valence-corrected chi connectivity index (χ1v) is 10.3. The van der Waals surface area contributed by atoms with Crippen molar-refractivity contribution in [3.8, 4) is 10.6 Å². The molecular formula is C21H22N4O2S. The van der Waals surface area contributed by atoms with Crippen molar-refractivity contribution in [2.75, 3.05) is 36.5 Å². The fraction of sp³-hybridized carbons (Fsp3) is 0.286. The van der Waals surface area contributed by atoms with Crippen LogP contribution >= 0.6 is 11.3 Å². The molecule has 1 amide bonds. The molecular weight excluding hydrogens is 372 g/mol. The minimum atomic E-state index is -0.204. The van der Waals surface area contributed by atoms with E-state index in [0.29, 0.717) is 5.69 Å². The van der Waals surface area contributed by atoms with E-state index in [1.54, 1.807) is 5.38 Å². The number of amides is 1. The number of hydrogen-bond donors (Lipinski definition) is 1. The zero-order chi connectivity index (χ0) is 19.3. The molecule has 2 aromatic heterocycles. The summed E-state index contributed by atoms with van der Waals surface area (Å²) < 4.78 is 5.38. The number of pyridine rings is 1. The van der Waals surface area contributed by atoms with Crippen molar-refractivity contribution in [2.24, 2.45) is 0 Å². The predicted octanol–water partition coefficient (Wildman–Crippen LogP) is 3.86. The first-order valence-electron chi connectivity index (χ1n) is 9.38. The van der Waals surface area contributed by atoms with Crippen molar-refractivity contribution in [3.63, 3.8) is 0 Å². The molecule has 1 aliphatic heterocycles. The molecule has 1 aromatic carbocycles. The monoisotopic (exact) mass is 394 g/mol. The molecule has 3 aromatic rings. The van der Waals surface area contributed by atoms with Gasteiger partial charge in [0.15, 0.2) is 0 Å². The topological polar surface area (TPSA) is 67.4 Å². The first-order chi connectivity index (χ1) is 13.7. The number of ether oxygens (including phenoxy) is 1. The number of morpholine rings is 1. The maximum Gasteiger partial charge on any atom is 0.275 e. The van der Waals surface area contributed by atoms with Crippen LogP contribution in [0.2, 0.25) is 0 Å². The molecule has 0 radical (unpaired) electrons. The van der Waals surface area contributed by atoms with Crippen LogP contribution in [-0.2, 0) is 11.2 Å². The van der Waals surface area contributed by atoms with Gasteiger partial charge in [0.05, 0.1) is 13.2 Å². The normalized spacial score (nSPS) is 14.1. The van der Waals surface area contributed by atoms with Crippen molar-refractivity contribution in [2.45, 2.75) is 13.3 Å². The van der Waals surface area contributed by atoms with Crippen LogP contribution in [0.3, 0.4) is 0 Å². The van der Waals surface area contributed by atoms with Gasteiger partial charge >= 0.3 is 0 Å². The van der Waals surface area contributed by atoms with E-state index in [0.717, 1.165) is 54.8 Å². The van der Waals surface area contributed by atoms with Gasteiger partial charge in [-0.25, -0.2) is 9.97 Å². The Bertz CT molecular complexity index is 932. The molecule has 0 atom stereocenters. The largest absolute Gasteiger partial charge is 0.378 e. The maximum atomic E-state index is 12.5. The van der Waals surface area contributed by atoms with E-state index in [9.17, 15) is 4.79 Å². The van der Waals surface area contributed by atoms with Gasteiger partial charge in [-0.1, -0.05) is 19.1 Å². The molecule has 3 heterocycles. The van der Waals surface area contributed by atoms with Crippen LogP contribution in [0.4, 0.5) is 11.5 Å². The van der Waals surface area contributed by atoms with Gasteiger partial charge < -0.3 is 15.0 Å². The second-order valence-electron chi connectivity index (χ2n) is 6.55. The molecule has 0 saturated carbocycles. The Morgan fingerprint density at radius 1 is 1.18 bits per heavy atom. The number of nitrogens with zero attached hydrogens (tertiary/aromatic N) is 3. The van der Waals surface area contributed by atoms with Crippen molar-refractivity contribution in [1.29, 1.82) is 0 Å². The third-order valence-electron chi connectivity index (χ3n) is 4.69. The second kappa shape index (κ2) is 8.50. The number of hydrogen-bond acceptors (Lipinski definition) is 6. The summed E-state index contributed by atoms with van der Waals surface area (Å²) in [5.41, 5.74) is 3.33. The summed E-state index contributed by atoms with van der Waals surface area (Å²) in [6.45, 7) is 5.28. The zero-order valence-electron chi connectivity index (χ0n) is 15.7. The molecule has 6 nitrogen and oxygen atoms in total. The number of carbonyl (C=O) groups is 1. The SMILES string of the molecule is CCc1ccc(NC(=O)c2csc(-c3ccc(N4CCOCC4)nc3)n2)cc1. The lowest BCUT2D eigenvalue weighted by Gasteiger charge is -2.27. The van der Waals surface area contributed by atoms with Crippen LogP contribution in [0.5, 0.6) is 0 Å². The molecule has 0 bridgehead atoms. The van der Waals surface area contributed by atoms with Crippen LogP contribution in [-0.4, -0.2) is 42.2 Å².